The zero-order valence-electron chi connectivity index (χ0n) is 15.8. The Bertz CT molecular complexity index is 690. The first kappa shape index (κ1) is 22.7. The third-order valence-electron chi connectivity index (χ3n) is 3.47. The maximum absolute atomic E-state index is 5.78. The first-order chi connectivity index (χ1) is 12.1. The Morgan fingerprint density at radius 3 is 2.69 bits per heavy atom. The van der Waals surface area contributed by atoms with Crippen LogP contribution in [0.25, 0.3) is 0 Å². The van der Waals surface area contributed by atoms with Gasteiger partial charge in [-0.3, -0.25) is 4.99 Å². The van der Waals surface area contributed by atoms with Crippen LogP contribution in [0.5, 0.6) is 5.75 Å². The van der Waals surface area contributed by atoms with Crippen LogP contribution in [0.15, 0.2) is 35.5 Å². The van der Waals surface area contributed by atoms with Crippen molar-refractivity contribution in [2.45, 2.75) is 20.0 Å². The maximum atomic E-state index is 5.78. The standard InChI is InChI=1S/C18H27N5OS.HI/c1-14-11-20-17(25-14)13-22-18(19-2)21-12-15-6-5-7-16(10-15)24-9-8-23(3)4;/h5-7,10-11H,8-9,12-13H2,1-4H3,(H2,19,21,22);1H. The molecule has 1 aromatic heterocycles. The maximum Gasteiger partial charge on any atom is 0.191 e. The molecule has 0 radical (unpaired) electrons. The van der Waals surface area contributed by atoms with Crippen LogP contribution < -0.4 is 15.4 Å². The Morgan fingerprint density at radius 1 is 1.27 bits per heavy atom. The van der Waals surface area contributed by atoms with Crippen LogP contribution in [-0.2, 0) is 13.1 Å². The number of aliphatic imine (C=N–C) groups is 1. The van der Waals surface area contributed by atoms with Gasteiger partial charge in [0.2, 0.25) is 0 Å². The molecule has 6 nitrogen and oxygen atoms in total. The minimum atomic E-state index is 0. The molecule has 2 N–H and O–H groups in total. The second kappa shape index (κ2) is 12.1. The Morgan fingerprint density at radius 2 is 2.04 bits per heavy atom. The molecular weight excluding hydrogens is 461 g/mol. The van der Waals surface area contributed by atoms with Gasteiger partial charge in [0.1, 0.15) is 17.4 Å². The van der Waals surface area contributed by atoms with Crippen LogP contribution in [0.1, 0.15) is 15.4 Å². The SMILES string of the molecule is CN=C(NCc1cccc(OCCN(C)C)c1)NCc1ncc(C)s1.I. The normalized spacial score (nSPS) is 11.2. The summed E-state index contributed by atoms with van der Waals surface area (Å²) in [6, 6.07) is 8.12. The number of halogens is 1. The van der Waals surface area contributed by atoms with Gasteiger partial charge < -0.3 is 20.3 Å². The van der Waals surface area contributed by atoms with Gasteiger partial charge in [-0.1, -0.05) is 12.1 Å². The van der Waals surface area contributed by atoms with Crippen molar-refractivity contribution >= 4 is 41.3 Å². The molecule has 2 aromatic rings. The number of ether oxygens (including phenoxy) is 1. The lowest BCUT2D eigenvalue weighted by Gasteiger charge is -2.13. The number of hydrogen-bond acceptors (Lipinski definition) is 5. The van der Waals surface area contributed by atoms with Crippen LogP contribution in [0, 0.1) is 6.92 Å². The highest BCUT2D eigenvalue weighted by atomic mass is 127. The van der Waals surface area contributed by atoms with Crippen molar-refractivity contribution in [2.75, 3.05) is 34.3 Å². The number of hydrogen-bond donors (Lipinski definition) is 2. The van der Waals surface area contributed by atoms with E-state index in [2.05, 4.69) is 44.6 Å². The average molecular weight is 489 g/mol. The van der Waals surface area contributed by atoms with Crippen molar-refractivity contribution in [3.8, 4) is 5.75 Å². The van der Waals surface area contributed by atoms with Crippen LogP contribution in [0.2, 0.25) is 0 Å². The van der Waals surface area contributed by atoms with Gasteiger partial charge >= 0.3 is 0 Å². The van der Waals surface area contributed by atoms with Crippen LogP contribution in [0.3, 0.4) is 0 Å². The summed E-state index contributed by atoms with van der Waals surface area (Å²) in [5.74, 6) is 1.65. The van der Waals surface area contributed by atoms with Crippen molar-refractivity contribution in [1.82, 2.24) is 20.5 Å². The molecule has 0 saturated carbocycles. The second-order valence-electron chi connectivity index (χ2n) is 5.94. The first-order valence-corrected chi connectivity index (χ1v) is 9.11. The Kier molecular flexibility index (Phi) is 10.5. The van der Waals surface area contributed by atoms with Gasteiger partial charge in [0, 0.05) is 31.2 Å². The molecule has 0 aliphatic rings. The zero-order chi connectivity index (χ0) is 18.1. The average Bonchev–Trinajstić information content (AvgIpc) is 3.00. The van der Waals surface area contributed by atoms with E-state index < -0.39 is 0 Å². The number of likely N-dealkylation sites (N-methyl/N-ethyl adjacent to an activating group) is 1. The molecule has 0 aliphatic heterocycles. The van der Waals surface area contributed by atoms with Crippen molar-refractivity contribution in [3.05, 3.63) is 45.9 Å². The summed E-state index contributed by atoms with van der Waals surface area (Å²) in [5, 5.41) is 7.65. The number of guanidine groups is 1. The summed E-state index contributed by atoms with van der Waals surface area (Å²) >= 11 is 1.69. The fourth-order valence-corrected chi connectivity index (χ4v) is 2.87. The molecule has 0 unspecified atom stereocenters. The van der Waals surface area contributed by atoms with Gasteiger partial charge in [0.05, 0.1) is 6.54 Å². The van der Waals surface area contributed by atoms with E-state index in [0.717, 1.165) is 28.8 Å². The third kappa shape index (κ3) is 8.33. The molecule has 0 bridgehead atoms. The lowest BCUT2D eigenvalue weighted by molar-refractivity contribution is 0.261. The highest BCUT2D eigenvalue weighted by Gasteiger charge is 2.03. The van der Waals surface area contributed by atoms with E-state index in [1.807, 2.05) is 32.4 Å². The lowest BCUT2D eigenvalue weighted by Crippen LogP contribution is -2.36. The van der Waals surface area contributed by atoms with Crippen LogP contribution in [0.4, 0.5) is 0 Å². The van der Waals surface area contributed by atoms with Crippen molar-refractivity contribution in [2.24, 2.45) is 4.99 Å². The molecule has 8 heteroatoms. The molecule has 2 rings (SSSR count). The number of nitrogens with zero attached hydrogens (tertiary/aromatic N) is 3. The van der Waals surface area contributed by atoms with Crippen molar-refractivity contribution in [3.63, 3.8) is 0 Å². The fourth-order valence-electron chi connectivity index (χ4n) is 2.14. The monoisotopic (exact) mass is 489 g/mol. The Hall–Kier alpha value is -1.39. The third-order valence-corrected chi connectivity index (χ3v) is 4.38. The van der Waals surface area contributed by atoms with Gasteiger partial charge in [-0.25, -0.2) is 4.98 Å². The van der Waals surface area contributed by atoms with E-state index in [1.54, 1.807) is 18.4 Å². The second-order valence-corrected chi connectivity index (χ2v) is 7.26. The quantitative estimate of drug-likeness (QED) is 0.339. The molecule has 0 atom stereocenters. The number of aryl methyl sites for hydroxylation is 1. The van der Waals surface area contributed by atoms with Crippen LogP contribution in [-0.4, -0.2) is 50.1 Å². The molecule has 26 heavy (non-hydrogen) atoms. The van der Waals surface area contributed by atoms with Crippen molar-refractivity contribution in [1.29, 1.82) is 0 Å². The summed E-state index contributed by atoms with van der Waals surface area (Å²) in [6.07, 6.45) is 1.89. The van der Waals surface area contributed by atoms with Crippen molar-refractivity contribution < 1.29 is 4.74 Å². The topological polar surface area (TPSA) is 61.8 Å². The van der Waals surface area contributed by atoms with E-state index in [4.69, 9.17) is 4.74 Å². The molecule has 0 saturated heterocycles. The highest BCUT2D eigenvalue weighted by molar-refractivity contribution is 14.0. The summed E-state index contributed by atoms with van der Waals surface area (Å²) in [5.41, 5.74) is 1.15. The summed E-state index contributed by atoms with van der Waals surface area (Å²) in [7, 11) is 5.84. The number of aromatic nitrogens is 1. The number of thiazole rings is 1. The molecular formula is C18H28IN5OS. The number of nitrogens with one attached hydrogen (secondary N) is 2. The molecule has 0 amide bonds. The minimum absolute atomic E-state index is 0. The van der Waals surface area contributed by atoms with Gasteiger partial charge in [-0.05, 0) is 38.7 Å². The Labute approximate surface area is 177 Å². The molecule has 0 fully saturated rings. The van der Waals surface area contributed by atoms with E-state index in [-0.39, 0.29) is 24.0 Å². The molecule has 144 valence electrons. The largest absolute Gasteiger partial charge is 0.492 e. The van der Waals surface area contributed by atoms with Crippen LogP contribution >= 0.6 is 35.3 Å². The van der Waals surface area contributed by atoms with E-state index in [1.165, 1.54) is 4.88 Å². The lowest BCUT2D eigenvalue weighted by atomic mass is 10.2. The number of benzene rings is 1. The predicted octanol–water partition coefficient (Wildman–Crippen LogP) is 2.88. The van der Waals surface area contributed by atoms with E-state index in [0.29, 0.717) is 19.7 Å². The molecule has 1 heterocycles. The fraction of sp³-hybridized carbons (Fsp3) is 0.444. The zero-order valence-corrected chi connectivity index (χ0v) is 18.9. The Balaban J connectivity index is 0.00000338. The summed E-state index contributed by atoms with van der Waals surface area (Å²) in [4.78, 5) is 11.9. The van der Waals surface area contributed by atoms with Gasteiger partial charge in [0.15, 0.2) is 5.96 Å². The predicted molar refractivity (Wildman–Crippen MR) is 120 cm³/mol. The summed E-state index contributed by atoms with van der Waals surface area (Å²) < 4.78 is 5.78. The highest BCUT2D eigenvalue weighted by Crippen LogP contribution is 2.13. The number of rotatable bonds is 8. The van der Waals surface area contributed by atoms with E-state index in [9.17, 15) is 0 Å². The van der Waals surface area contributed by atoms with Gasteiger partial charge in [-0.15, -0.1) is 35.3 Å². The minimum Gasteiger partial charge on any atom is -0.492 e. The van der Waals surface area contributed by atoms with Gasteiger partial charge in [-0.2, -0.15) is 0 Å². The molecule has 0 aliphatic carbocycles. The smallest absolute Gasteiger partial charge is 0.191 e. The molecule has 1 aromatic carbocycles. The first-order valence-electron chi connectivity index (χ1n) is 8.29. The van der Waals surface area contributed by atoms with Gasteiger partial charge in [0.25, 0.3) is 0 Å². The van der Waals surface area contributed by atoms with E-state index >= 15 is 0 Å². The molecule has 0 spiro atoms. The summed E-state index contributed by atoms with van der Waals surface area (Å²) in [6.45, 7) is 4.99.